The van der Waals surface area contributed by atoms with Crippen molar-refractivity contribution in [3.63, 3.8) is 0 Å². The zero-order chi connectivity index (χ0) is 16.8. The van der Waals surface area contributed by atoms with Crippen LogP contribution in [0.4, 0.5) is 9.80 Å². The Bertz CT molecular complexity index is 695. The fraction of sp³-hybridized carbons (Fsp3) is 0.267. The third kappa shape index (κ3) is 4.17. The number of thiophene rings is 1. The van der Waals surface area contributed by atoms with Crippen LogP contribution in [0, 0.1) is 6.92 Å². The first-order chi connectivity index (χ1) is 11.1. The Balaban J connectivity index is 2.15. The molecule has 0 aromatic carbocycles. The molecular formula is C15H17N3O3S2. The van der Waals surface area contributed by atoms with E-state index in [1.807, 2.05) is 17.5 Å². The van der Waals surface area contributed by atoms with Gasteiger partial charge in [-0.25, -0.2) is 9.59 Å². The molecule has 23 heavy (non-hydrogen) atoms. The molecule has 0 fully saturated rings. The molecule has 0 aliphatic rings. The molecule has 0 saturated carbocycles. The molecule has 2 aromatic heterocycles. The maximum absolute atomic E-state index is 12.5. The lowest BCUT2D eigenvalue weighted by Gasteiger charge is -2.20. The quantitative estimate of drug-likeness (QED) is 0.638. The average Bonchev–Trinajstić information content (AvgIpc) is 3.16. The van der Waals surface area contributed by atoms with Crippen molar-refractivity contribution >= 4 is 39.9 Å². The lowest BCUT2D eigenvalue weighted by molar-refractivity contribution is 0.0601. The number of aromatic nitrogens is 1. The molecule has 8 heteroatoms. The first kappa shape index (κ1) is 17.2. The predicted molar refractivity (Wildman–Crippen MR) is 92.1 cm³/mol. The standard InChI is InChI=1S/C15H17N3O3S2/c1-4-7-18(9-11-6-5-8-22-11)15(20)16-13-12(14(19)21-3)10(2)17-23-13/h4-6,8H,1,7,9H2,2-3H3,(H,16,20). The number of ether oxygens (including phenoxy) is 1. The summed E-state index contributed by atoms with van der Waals surface area (Å²) in [5.41, 5.74) is 0.825. The SMILES string of the molecule is C=CCN(Cc1cccs1)C(=O)Nc1snc(C)c1C(=O)OC. The highest BCUT2D eigenvalue weighted by Crippen LogP contribution is 2.26. The predicted octanol–water partition coefficient (Wildman–Crippen LogP) is 3.52. The van der Waals surface area contributed by atoms with Crippen LogP contribution in [0.2, 0.25) is 0 Å². The highest BCUT2D eigenvalue weighted by atomic mass is 32.1. The van der Waals surface area contributed by atoms with Crippen molar-refractivity contribution in [2.45, 2.75) is 13.5 Å². The molecule has 2 amide bonds. The van der Waals surface area contributed by atoms with E-state index in [1.54, 1.807) is 29.2 Å². The van der Waals surface area contributed by atoms with Crippen LogP contribution >= 0.6 is 22.9 Å². The molecule has 0 aliphatic heterocycles. The molecule has 2 rings (SSSR count). The maximum atomic E-state index is 12.5. The first-order valence-electron chi connectivity index (χ1n) is 6.80. The van der Waals surface area contributed by atoms with Crippen molar-refractivity contribution in [3.8, 4) is 0 Å². The highest BCUT2D eigenvalue weighted by Gasteiger charge is 2.22. The van der Waals surface area contributed by atoms with Crippen LogP contribution in [0.5, 0.6) is 0 Å². The van der Waals surface area contributed by atoms with E-state index < -0.39 is 5.97 Å². The summed E-state index contributed by atoms with van der Waals surface area (Å²) in [5.74, 6) is -0.514. The summed E-state index contributed by atoms with van der Waals surface area (Å²) in [6.07, 6.45) is 1.66. The molecule has 122 valence electrons. The van der Waals surface area contributed by atoms with Gasteiger partial charge in [0.05, 0.1) is 19.3 Å². The van der Waals surface area contributed by atoms with Gasteiger partial charge in [-0.2, -0.15) is 4.37 Å². The molecule has 0 bridgehead atoms. The van der Waals surface area contributed by atoms with Gasteiger partial charge in [0, 0.05) is 11.4 Å². The topological polar surface area (TPSA) is 71.5 Å². The van der Waals surface area contributed by atoms with E-state index in [4.69, 9.17) is 4.74 Å². The minimum absolute atomic E-state index is 0.292. The fourth-order valence-electron chi connectivity index (χ4n) is 1.94. The van der Waals surface area contributed by atoms with Gasteiger partial charge in [0.1, 0.15) is 10.6 Å². The van der Waals surface area contributed by atoms with Crippen molar-refractivity contribution in [3.05, 3.63) is 46.3 Å². The summed E-state index contributed by atoms with van der Waals surface area (Å²) >= 11 is 2.64. The maximum Gasteiger partial charge on any atom is 0.342 e. The lowest BCUT2D eigenvalue weighted by Crippen LogP contribution is -2.34. The van der Waals surface area contributed by atoms with Crippen molar-refractivity contribution < 1.29 is 14.3 Å². The third-order valence-electron chi connectivity index (χ3n) is 3.04. The van der Waals surface area contributed by atoms with Gasteiger partial charge in [-0.1, -0.05) is 12.1 Å². The zero-order valence-electron chi connectivity index (χ0n) is 12.9. The summed E-state index contributed by atoms with van der Waals surface area (Å²) in [7, 11) is 1.30. The van der Waals surface area contributed by atoms with Gasteiger partial charge < -0.3 is 9.64 Å². The van der Waals surface area contributed by atoms with Crippen LogP contribution < -0.4 is 5.32 Å². The normalized spacial score (nSPS) is 10.2. The molecular weight excluding hydrogens is 334 g/mol. The van der Waals surface area contributed by atoms with Crippen LogP contribution in [0.25, 0.3) is 0 Å². The van der Waals surface area contributed by atoms with Gasteiger partial charge in [-0.15, -0.1) is 17.9 Å². The lowest BCUT2D eigenvalue weighted by atomic mass is 10.2. The van der Waals surface area contributed by atoms with Crippen molar-refractivity contribution in [1.29, 1.82) is 0 Å². The van der Waals surface area contributed by atoms with E-state index in [0.29, 0.717) is 29.3 Å². The van der Waals surface area contributed by atoms with Crippen LogP contribution in [-0.2, 0) is 11.3 Å². The molecule has 2 heterocycles. The van der Waals surface area contributed by atoms with Gasteiger partial charge in [0.25, 0.3) is 0 Å². The molecule has 0 unspecified atom stereocenters. The van der Waals surface area contributed by atoms with E-state index in [0.717, 1.165) is 16.4 Å². The van der Waals surface area contributed by atoms with Crippen molar-refractivity contribution in [1.82, 2.24) is 9.27 Å². The Labute approximate surface area is 142 Å². The number of carbonyl (C=O) groups is 2. The van der Waals surface area contributed by atoms with Gasteiger partial charge in [0.15, 0.2) is 0 Å². The molecule has 2 aromatic rings. The fourth-order valence-corrected chi connectivity index (χ4v) is 3.43. The molecule has 0 aliphatic carbocycles. The molecule has 0 radical (unpaired) electrons. The van der Waals surface area contributed by atoms with E-state index in [-0.39, 0.29) is 6.03 Å². The number of rotatable bonds is 6. The van der Waals surface area contributed by atoms with Crippen LogP contribution in [0.3, 0.4) is 0 Å². The van der Waals surface area contributed by atoms with Crippen LogP contribution in [0.1, 0.15) is 20.9 Å². The number of hydrogen-bond donors (Lipinski definition) is 1. The minimum Gasteiger partial charge on any atom is -0.465 e. The first-order valence-corrected chi connectivity index (χ1v) is 8.46. The summed E-state index contributed by atoms with van der Waals surface area (Å²) in [6.45, 7) is 6.25. The minimum atomic E-state index is -0.514. The number of esters is 1. The summed E-state index contributed by atoms with van der Waals surface area (Å²) in [4.78, 5) is 27.0. The molecule has 0 atom stereocenters. The Morgan fingerprint density at radius 3 is 2.91 bits per heavy atom. The number of anilines is 1. The zero-order valence-corrected chi connectivity index (χ0v) is 14.5. The number of aryl methyl sites for hydroxylation is 1. The average molecular weight is 351 g/mol. The van der Waals surface area contributed by atoms with Crippen molar-refractivity contribution in [2.24, 2.45) is 0 Å². The summed E-state index contributed by atoms with van der Waals surface area (Å²) in [6, 6.07) is 3.59. The van der Waals surface area contributed by atoms with Gasteiger partial charge in [-0.05, 0) is 29.9 Å². The monoisotopic (exact) mass is 351 g/mol. The molecule has 6 nitrogen and oxygen atoms in total. The molecule has 0 saturated heterocycles. The van der Waals surface area contributed by atoms with Gasteiger partial charge in [-0.3, -0.25) is 5.32 Å². The second kappa shape index (κ2) is 7.89. The number of hydrogen-bond acceptors (Lipinski definition) is 6. The number of methoxy groups -OCH3 is 1. The number of nitrogens with zero attached hydrogens (tertiary/aromatic N) is 2. The second-order valence-electron chi connectivity index (χ2n) is 4.64. The Morgan fingerprint density at radius 1 is 1.52 bits per heavy atom. The Kier molecular flexibility index (Phi) is 5.89. The highest BCUT2D eigenvalue weighted by molar-refractivity contribution is 7.11. The summed E-state index contributed by atoms with van der Waals surface area (Å²) < 4.78 is 8.85. The molecule has 1 N–H and O–H groups in total. The number of amides is 2. The van der Waals surface area contributed by atoms with Gasteiger partial charge in [0.2, 0.25) is 0 Å². The van der Waals surface area contributed by atoms with Crippen LogP contribution in [-0.4, -0.2) is 34.9 Å². The van der Waals surface area contributed by atoms with Crippen LogP contribution in [0.15, 0.2) is 30.2 Å². The molecule has 0 spiro atoms. The van der Waals surface area contributed by atoms with E-state index >= 15 is 0 Å². The largest absolute Gasteiger partial charge is 0.465 e. The third-order valence-corrected chi connectivity index (χ3v) is 4.75. The number of carbonyl (C=O) groups excluding carboxylic acids is 2. The summed E-state index contributed by atoms with van der Waals surface area (Å²) in [5, 5.41) is 5.09. The van der Waals surface area contributed by atoms with Crippen molar-refractivity contribution in [2.75, 3.05) is 19.0 Å². The van der Waals surface area contributed by atoms with E-state index in [9.17, 15) is 9.59 Å². The second-order valence-corrected chi connectivity index (χ2v) is 6.45. The number of nitrogens with one attached hydrogen (secondary N) is 1. The number of urea groups is 1. The van der Waals surface area contributed by atoms with E-state index in [1.165, 1.54) is 7.11 Å². The van der Waals surface area contributed by atoms with Gasteiger partial charge >= 0.3 is 12.0 Å². The van der Waals surface area contributed by atoms with E-state index in [2.05, 4.69) is 16.3 Å². The Morgan fingerprint density at radius 2 is 2.30 bits per heavy atom. The Hall–Kier alpha value is -2.19. The smallest absolute Gasteiger partial charge is 0.342 e.